The normalized spacial score (nSPS) is 14.1. The van der Waals surface area contributed by atoms with E-state index in [1.54, 1.807) is 32.4 Å². The summed E-state index contributed by atoms with van der Waals surface area (Å²) in [6.07, 6.45) is 0. The van der Waals surface area contributed by atoms with Gasteiger partial charge in [0, 0.05) is 36.1 Å². The van der Waals surface area contributed by atoms with Crippen LogP contribution in [0.4, 0.5) is 11.4 Å². The van der Waals surface area contributed by atoms with Crippen molar-refractivity contribution in [1.29, 1.82) is 0 Å². The first kappa shape index (κ1) is 17.1. The molecular weight excluding hydrogens is 320 g/mol. The monoisotopic (exact) mass is 342 g/mol. The lowest BCUT2D eigenvalue weighted by Crippen LogP contribution is -2.36. The van der Waals surface area contributed by atoms with E-state index in [2.05, 4.69) is 10.2 Å². The first-order valence-corrected chi connectivity index (χ1v) is 8.17. The van der Waals surface area contributed by atoms with Crippen molar-refractivity contribution in [2.75, 3.05) is 50.7 Å². The molecule has 0 aromatic heterocycles. The molecule has 1 fully saturated rings. The van der Waals surface area contributed by atoms with Crippen LogP contribution in [-0.4, -0.2) is 46.4 Å². The zero-order chi connectivity index (χ0) is 17.6. The maximum atomic E-state index is 12.4. The number of hydrogen-bond acceptors (Lipinski definition) is 5. The summed E-state index contributed by atoms with van der Waals surface area (Å²) < 4.78 is 15.8. The highest BCUT2D eigenvalue weighted by Crippen LogP contribution is 2.30. The third-order valence-corrected chi connectivity index (χ3v) is 4.15. The Hall–Kier alpha value is -2.73. The zero-order valence-electron chi connectivity index (χ0n) is 14.5. The standard InChI is InChI=1S/C19H22N2O4/c1-23-17-8-5-15(13-18(17)24-2)20-19(22)14-3-6-16(7-4-14)21-9-11-25-12-10-21/h3-8,13H,9-12H2,1-2H3,(H,20,22). The van der Waals surface area contributed by atoms with E-state index in [4.69, 9.17) is 14.2 Å². The second-order valence-electron chi connectivity index (χ2n) is 5.67. The number of rotatable bonds is 5. The van der Waals surface area contributed by atoms with Crippen LogP contribution in [0.3, 0.4) is 0 Å². The molecule has 1 amide bonds. The molecule has 0 unspecified atom stereocenters. The first-order valence-electron chi connectivity index (χ1n) is 8.17. The van der Waals surface area contributed by atoms with Gasteiger partial charge < -0.3 is 24.4 Å². The second kappa shape index (κ2) is 7.90. The molecule has 0 aliphatic carbocycles. The summed E-state index contributed by atoms with van der Waals surface area (Å²) in [4.78, 5) is 14.7. The lowest BCUT2D eigenvalue weighted by molar-refractivity contribution is 0.102. The number of benzene rings is 2. The maximum absolute atomic E-state index is 12.4. The molecule has 0 saturated carbocycles. The molecule has 1 saturated heterocycles. The van der Waals surface area contributed by atoms with Gasteiger partial charge in [-0.2, -0.15) is 0 Å². The third kappa shape index (κ3) is 4.03. The van der Waals surface area contributed by atoms with Crippen LogP contribution in [0.15, 0.2) is 42.5 Å². The van der Waals surface area contributed by atoms with Crippen molar-refractivity contribution in [3.05, 3.63) is 48.0 Å². The van der Waals surface area contributed by atoms with Gasteiger partial charge in [-0.15, -0.1) is 0 Å². The fourth-order valence-corrected chi connectivity index (χ4v) is 2.76. The lowest BCUT2D eigenvalue weighted by atomic mass is 10.1. The molecule has 1 aliphatic heterocycles. The highest BCUT2D eigenvalue weighted by Gasteiger charge is 2.13. The molecule has 25 heavy (non-hydrogen) atoms. The lowest BCUT2D eigenvalue weighted by Gasteiger charge is -2.28. The minimum absolute atomic E-state index is 0.166. The second-order valence-corrected chi connectivity index (χ2v) is 5.67. The average Bonchev–Trinajstić information content (AvgIpc) is 2.68. The molecule has 132 valence electrons. The summed E-state index contributed by atoms with van der Waals surface area (Å²) in [5, 5.41) is 2.88. The Morgan fingerprint density at radius 1 is 1.00 bits per heavy atom. The maximum Gasteiger partial charge on any atom is 0.255 e. The molecule has 0 bridgehead atoms. The number of methoxy groups -OCH3 is 2. The Morgan fingerprint density at radius 2 is 1.68 bits per heavy atom. The number of ether oxygens (including phenoxy) is 3. The fourth-order valence-electron chi connectivity index (χ4n) is 2.76. The van der Waals surface area contributed by atoms with Gasteiger partial charge in [0.05, 0.1) is 27.4 Å². The predicted octanol–water partition coefficient (Wildman–Crippen LogP) is 2.79. The van der Waals surface area contributed by atoms with Crippen molar-refractivity contribution >= 4 is 17.3 Å². The molecule has 0 atom stereocenters. The van der Waals surface area contributed by atoms with Crippen LogP contribution < -0.4 is 19.7 Å². The van der Waals surface area contributed by atoms with Gasteiger partial charge in [-0.3, -0.25) is 4.79 Å². The first-order chi connectivity index (χ1) is 12.2. The summed E-state index contributed by atoms with van der Waals surface area (Å²) in [5.74, 6) is 1.03. The summed E-state index contributed by atoms with van der Waals surface area (Å²) in [5.41, 5.74) is 2.36. The van der Waals surface area contributed by atoms with Crippen molar-refractivity contribution in [2.45, 2.75) is 0 Å². The van der Waals surface area contributed by atoms with Crippen molar-refractivity contribution in [3.63, 3.8) is 0 Å². The van der Waals surface area contributed by atoms with Crippen molar-refractivity contribution < 1.29 is 19.0 Å². The fraction of sp³-hybridized carbons (Fsp3) is 0.316. The Labute approximate surface area is 147 Å². The van der Waals surface area contributed by atoms with Crippen LogP contribution >= 0.6 is 0 Å². The number of carbonyl (C=O) groups excluding carboxylic acids is 1. The molecule has 6 heteroatoms. The van der Waals surface area contributed by atoms with Gasteiger partial charge in [-0.1, -0.05) is 0 Å². The Morgan fingerprint density at radius 3 is 2.32 bits per heavy atom. The number of hydrogen-bond donors (Lipinski definition) is 1. The van der Waals surface area contributed by atoms with Crippen molar-refractivity contribution in [3.8, 4) is 11.5 Å². The quantitative estimate of drug-likeness (QED) is 0.905. The van der Waals surface area contributed by atoms with E-state index < -0.39 is 0 Å². The number of amides is 1. The minimum atomic E-state index is -0.166. The SMILES string of the molecule is COc1ccc(NC(=O)c2ccc(N3CCOCC3)cc2)cc1OC. The molecule has 0 spiro atoms. The molecule has 2 aromatic carbocycles. The minimum Gasteiger partial charge on any atom is -0.493 e. The number of nitrogens with zero attached hydrogens (tertiary/aromatic N) is 1. The van der Waals surface area contributed by atoms with Gasteiger partial charge in [0.25, 0.3) is 5.91 Å². The van der Waals surface area contributed by atoms with Gasteiger partial charge in [0.15, 0.2) is 11.5 Å². The van der Waals surface area contributed by atoms with E-state index in [1.165, 1.54) is 0 Å². The van der Waals surface area contributed by atoms with Gasteiger partial charge in [0.2, 0.25) is 0 Å². The molecule has 3 rings (SSSR count). The van der Waals surface area contributed by atoms with Crippen LogP contribution in [0.5, 0.6) is 11.5 Å². The third-order valence-electron chi connectivity index (χ3n) is 4.15. The Balaban J connectivity index is 1.68. The van der Waals surface area contributed by atoms with Gasteiger partial charge >= 0.3 is 0 Å². The van der Waals surface area contributed by atoms with Crippen molar-refractivity contribution in [2.24, 2.45) is 0 Å². The Kier molecular flexibility index (Phi) is 5.40. The van der Waals surface area contributed by atoms with Crippen LogP contribution in [0.2, 0.25) is 0 Å². The predicted molar refractivity (Wildman–Crippen MR) is 97.0 cm³/mol. The van der Waals surface area contributed by atoms with Crippen LogP contribution in [0.25, 0.3) is 0 Å². The van der Waals surface area contributed by atoms with E-state index in [0.717, 1.165) is 32.0 Å². The molecule has 1 heterocycles. The topological polar surface area (TPSA) is 60.0 Å². The van der Waals surface area contributed by atoms with Gasteiger partial charge in [-0.05, 0) is 36.4 Å². The number of morpholine rings is 1. The molecule has 6 nitrogen and oxygen atoms in total. The van der Waals surface area contributed by atoms with Crippen LogP contribution in [0, 0.1) is 0 Å². The molecule has 0 radical (unpaired) electrons. The van der Waals surface area contributed by atoms with Crippen LogP contribution in [0.1, 0.15) is 10.4 Å². The molecule has 1 aliphatic rings. The smallest absolute Gasteiger partial charge is 0.255 e. The molecular formula is C19H22N2O4. The summed E-state index contributed by atoms with van der Waals surface area (Å²) in [7, 11) is 3.14. The summed E-state index contributed by atoms with van der Waals surface area (Å²) >= 11 is 0. The van der Waals surface area contributed by atoms with Gasteiger partial charge in [-0.25, -0.2) is 0 Å². The number of anilines is 2. The van der Waals surface area contributed by atoms with Gasteiger partial charge in [0.1, 0.15) is 0 Å². The number of nitrogens with one attached hydrogen (secondary N) is 1. The van der Waals surface area contributed by atoms with E-state index in [-0.39, 0.29) is 5.91 Å². The molecule has 1 N–H and O–H groups in total. The zero-order valence-corrected chi connectivity index (χ0v) is 14.5. The highest BCUT2D eigenvalue weighted by molar-refractivity contribution is 6.04. The molecule has 2 aromatic rings. The van der Waals surface area contributed by atoms with E-state index >= 15 is 0 Å². The van der Waals surface area contributed by atoms with Crippen molar-refractivity contribution in [1.82, 2.24) is 0 Å². The Bertz CT molecular complexity index is 725. The van der Waals surface area contributed by atoms with E-state index in [9.17, 15) is 4.79 Å². The summed E-state index contributed by atoms with van der Waals surface area (Å²) in [6, 6.07) is 12.9. The summed E-state index contributed by atoms with van der Waals surface area (Å²) in [6.45, 7) is 3.22. The van der Waals surface area contributed by atoms with E-state index in [0.29, 0.717) is 22.7 Å². The number of carbonyl (C=O) groups is 1. The largest absolute Gasteiger partial charge is 0.493 e. The van der Waals surface area contributed by atoms with E-state index in [1.807, 2.05) is 24.3 Å². The van der Waals surface area contributed by atoms with Crippen LogP contribution in [-0.2, 0) is 4.74 Å². The average molecular weight is 342 g/mol. The highest BCUT2D eigenvalue weighted by atomic mass is 16.5.